The van der Waals surface area contributed by atoms with Crippen LogP contribution in [0.2, 0.25) is 0 Å². The van der Waals surface area contributed by atoms with Gasteiger partial charge < -0.3 is 4.90 Å². The van der Waals surface area contributed by atoms with Crippen molar-refractivity contribution >= 4 is 35.3 Å². The van der Waals surface area contributed by atoms with Crippen molar-refractivity contribution in [2.75, 3.05) is 19.6 Å². The van der Waals surface area contributed by atoms with Crippen LogP contribution >= 0.6 is 0 Å². The molecule has 0 saturated carbocycles. The number of alkyl halides is 3. The van der Waals surface area contributed by atoms with Gasteiger partial charge in [-0.2, -0.15) is 13.2 Å². The van der Waals surface area contributed by atoms with E-state index in [1.54, 1.807) is 12.1 Å². The topological polar surface area (TPSA) is 112 Å². The predicted octanol–water partition coefficient (Wildman–Crippen LogP) is 2.66. The molecule has 1 N–H and O–H groups in total. The van der Waals surface area contributed by atoms with Crippen molar-refractivity contribution in [1.82, 2.24) is 15.1 Å². The molecule has 3 heterocycles. The van der Waals surface area contributed by atoms with Crippen molar-refractivity contribution in [3.63, 3.8) is 0 Å². The van der Waals surface area contributed by atoms with E-state index in [1.807, 2.05) is 0 Å². The third kappa shape index (κ3) is 4.53. The lowest BCUT2D eigenvalue weighted by molar-refractivity contribution is -0.138. The van der Waals surface area contributed by atoms with Gasteiger partial charge in [-0.15, -0.1) is 0 Å². The van der Waals surface area contributed by atoms with Crippen molar-refractivity contribution in [2.45, 2.75) is 12.6 Å². The van der Waals surface area contributed by atoms with E-state index in [0.717, 1.165) is 17.0 Å². The fraction of sp³-hybridized carbons (Fsp3) is 0.200. The first-order valence-corrected chi connectivity index (χ1v) is 11.2. The molecule has 0 fully saturated rings. The molecule has 0 saturated heterocycles. The molecule has 0 aliphatic carbocycles. The van der Waals surface area contributed by atoms with Gasteiger partial charge in [0.1, 0.15) is 6.54 Å². The molecule has 0 aromatic heterocycles. The van der Waals surface area contributed by atoms with Crippen molar-refractivity contribution < 1.29 is 32.3 Å². The van der Waals surface area contributed by atoms with Gasteiger partial charge in [0.15, 0.2) is 0 Å². The zero-order chi connectivity index (χ0) is 26.3. The lowest BCUT2D eigenvalue weighted by Gasteiger charge is -2.28. The Kier molecular flexibility index (Phi) is 5.94. The van der Waals surface area contributed by atoms with E-state index in [-0.39, 0.29) is 36.6 Å². The Morgan fingerprint density at radius 2 is 1.62 bits per heavy atom. The van der Waals surface area contributed by atoms with Crippen LogP contribution in [-0.2, 0) is 11.0 Å². The predicted molar refractivity (Wildman–Crippen MR) is 125 cm³/mol. The second kappa shape index (κ2) is 9.12. The van der Waals surface area contributed by atoms with Gasteiger partial charge in [-0.1, -0.05) is 24.3 Å². The van der Waals surface area contributed by atoms with Crippen LogP contribution in [0.15, 0.2) is 70.3 Å². The minimum atomic E-state index is -4.70. The summed E-state index contributed by atoms with van der Waals surface area (Å²) in [6.07, 6.45) is -2.89. The summed E-state index contributed by atoms with van der Waals surface area (Å²) >= 11 is 0. The van der Waals surface area contributed by atoms with E-state index in [9.17, 15) is 32.3 Å². The third-order valence-corrected chi connectivity index (χ3v) is 6.11. The summed E-state index contributed by atoms with van der Waals surface area (Å²) in [4.78, 5) is 61.1. The third-order valence-electron chi connectivity index (χ3n) is 6.11. The van der Waals surface area contributed by atoms with Crippen LogP contribution in [0.3, 0.4) is 0 Å². The minimum absolute atomic E-state index is 0.0339. The van der Waals surface area contributed by atoms with Crippen molar-refractivity contribution in [3.05, 3.63) is 82.6 Å². The van der Waals surface area contributed by atoms with E-state index < -0.39 is 47.5 Å². The van der Waals surface area contributed by atoms with Crippen LogP contribution in [-0.4, -0.2) is 64.7 Å². The number of imide groups is 1. The molecule has 9 nitrogen and oxygen atoms in total. The molecule has 12 heteroatoms. The van der Waals surface area contributed by atoms with Crippen LogP contribution in [0.5, 0.6) is 0 Å². The van der Waals surface area contributed by atoms with Gasteiger partial charge in [-0.05, 0) is 24.3 Å². The lowest BCUT2D eigenvalue weighted by Crippen LogP contribution is -2.43. The molecule has 3 aliphatic rings. The lowest BCUT2D eigenvalue weighted by atomic mass is 10.0. The average molecular weight is 509 g/mol. The molecule has 188 valence electrons. The number of rotatable bonds is 3. The van der Waals surface area contributed by atoms with Crippen LogP contribution in [0.4, 0.5) is 13.2 Å². The molecule has 4 amide bonds. The van der Waals surface area contributed by atoms with Gasteiger partial charge in [0.25, 0.3) is 17.7 Å². The minimum Gasteiger partial charge on any atom is -0.317 e. The van der Waals surface area contributed by atoms with Crippen molar-refractivity contribution in [1.29, 1.82) is 0 Å². The highest BCUT2D eigenvalue weighted by atomic mass is 19.4. The van der Waals surface area contributed by atoms with Crippen LogP contribution in [0.25, 0.3) is 0 Å². The zero-order valence-corrected chi connectivity index (χ0v) is 19.1. The molecule has 0 radical (unpaired) electrons. The Morgan fingerprint density at radius 1 is 0.973 bits per heavy atom. The van der Waals surface area contributed by atoms with Gasteiger partial charge in [-0.3, -0.25) is 29.4 Å². The Balaban J connectivity index is 1.25. The SMILES string of the molecule is O=C(NC1=NCC2=CN(C(=O)CN3C(=O)c4ccccc4C3=O)CCC2=N1)c1ccccc1C(F)(F)F. The number of halogens is 3. The summed E-state index contributed by atoms with van der Waals surface area (Å²) in [5, 5.41) is 2.32. The highest BCUT2D eigenvalue weighted by Gasteiger charge is 2.38. The molecule has 0 spiro atoms. The number of nitrogens with zero attached hydrogens (tertiary/aromatic N) is 4. The van der Waals surface area contributed by atoms with Crippen molar-refractivity contribution in [2.24, 2.45) is 9.98 Å². The summed E-state index contributed by atoms with van der Waals surface area (Å²) in [5.74, 6) is -2.64. The highest BCUT2D eigenvalue weighted by Crippen LogP contribution is 2.32. The second-order valence-electron chi connectivity index (χ2n) is 8.43. The number of hydrogen-bond donors (Lipinski definition) is 1. The summed E-state index contributed by atoms with van der Waals surface area (Å²) in [5.41, 5.74) is -0.00813. The Labute approximate surface area is 208 Å². The first-order valence-electron chi connectivity index (χ1n) is 11.2. The maximum atomic E-state index is 13.2. The van der Waals surface area contributed by atoms with Crippen LogP contribution < -0.4 is 5.32 Å². The molecule has 0 atom stereocenters. The van der Waals surface area contributed by atoms with E-state index in [1.165, 1.54) is 35.4 Å². The average Bonchev–Trinajstić information content (AvgIpc) is 3.12. The van der Waals surface area contributed by atoms with E-state index >= 15 is 0 Å². The maximum absolute atomic E-state index is 13.2. The summed E-state index contributed by atoms with van der Waals surface area (Å²) in [6, 6.07) is 10.7. The number of guanidine groups is 1. The number of benzene rings is 2. The fourth-order valence-electron chi connectivity index (χ4n) is 4.27. The number of hydrogen-bond acceptors (Lipinski definition) is 6. The Hall–Kier alpha value is -4.61. The molecule has 0 unspecified atom stereocenters. The Morgan fingerprint density at radius 3 is 2.30 bits per heavy atom. The first kappa shape index (κ1) is 24.1. The second-order valence-corrected chi connectivity index (χ2v) is 8.43. The van der Waals surface area contributed by atoms with E-state index in [2.05, 4.69) is 15.3 Å². The maximum Gasteiger partial charge on any atom is 0.417 e. The van der Waals surface area contributed by atoms with Gasteiger partial charge in [0, 0.05) is 24.7 Å². The molecule has 2 aromatic rings. The number of fused-ring (bicyclic) bond motifs is 2. The monoisotopic (exact) mass is 509 g/mol. The number of aliphatic imine (C=N–C) groups is 2. The van der Waals surface area contributed by atoms with Gasteiger partial charge in [0.05, 0.1) is 34.5 Å². The number of nitrogens with one attached hydrogen (secondary N) is 1. The number of amides is 4. The largest absolute Gasteiger partial charge is 0.417 e. The van der Waals surface area contributed by atoms with Gasteiger partial charge in [-0.25, -0.2) is 9.98 Å². The molecule has 2 aromatic carbocycles. The molecular formula is C25H18F3N5O4. The molecule has 37 heavy (non-hydrogen) atoms. The highest BCUT2D eigenvalue weighted by molar-refractivity contribution is 6.22. The van der Waals surface area contributed by atoms with Crippen LogP contribution in [0, 0.1) is 0 Å². The van der Waals surface area contributed by atoms with Gasteiger partial charge >= 0.3 is 6.18 Å². The molecule has 0 bridgehead atoms. The van der Waals surface area contributed by atoms with E-state index in [4.69, 9.17) is 0 Å². The standard InChI is InChI=1S/C25H18F3N5O4/c26-25(27,28)18-8-4-3-7-17(18)21(35)31-24-29-11-14-12-32(10-9-19(14)30-24)20(34)13-33-22(36)15-5-1-2-6-16(15)23(33)37/h1-8,12H,9-11,13H2,(H,29,31,35). The summed E-state index contributed by atoms with van der Waals surface area (Å²) in [7, 11) is 0. The van der Waals surface area contributed by atoms with Crippen LogP contribution in [0.1, 0.15) is 43.1 Å². The zero-order valence-electron chi connectivity index (χ0n) is 19.1. The first-order chi connectivity index (χ1) is 17.6. The molecule has 5 rings (SSSR count). The summed E-state index contributed by atoms with van der Waals surface area (Å²) < 4.78 is 39.7. The quantitative estimate of drug-likeness (QED) is 0.642. The number of carbonyl (C=O) groups is 4. The fourth-order valence-corrected chi connectivity index (χ4v) is 4.27. The van der Waals surface area contributed by atoms with E-state index in [0.29, 0.717) is 11.3 Å². The summed E-state index contributed by atoms with van der Waals surface area (Å²) in [6.45, 7) is -0.194. The molecule has 3 aliphatic heterocycles. The molecular weight excluding hydrogens is 491 g/mol. The van der Waals surface area contributed by atoms with Gasteiger partial charge in [0.2, 0.25) is 11.9 Å². The normalized spacial score (nSPS) is 17.0. The number of carbonyl (C=O) groups excluding carboxylic acids is 4. The van der Waals surface area contributed by atoms with Crippen molar-refractivity contribution in [3.8, 4) is 0 Å². The Bertz CT molecular complexity index is 1410. The smallest absolute Gasteiger partial charge is 0.317 e.